The van der Waals surface area contributed by atoms with E-state index in [0.717, 1.165) is 99.4 Å². The molecular formula is C38H41N5O3. The number of likely N-dealkylation sites (N-methyl/N-ethyl adjacent to an activating group) is 1. The molecule has 7 rings (SSSR count). The minimum Gasteiger partial charge on any atom is -0.493 e. The topological polar surface area (TPSA) is 80.7 Å². The molecule has 1 atom stereocenters. The van der Waals surface area contributed by atoms with Crippen LogP contribution in [0.25, 0.3) is 43.9 Å². The number of carbonyl (C=O) groups is 1. The molecule has 0 N–H and O–H groups in total. The summed E-state index contributed by atoms with van der Waals surface area (Å²) in [6.07, 6.45) is 5.81. The van der Waals surface area contributed by atoms with E-state index in [-0.39, 0.29) is 5.78 Å². The van der Waals surface area contributed by atoms with Crippen molar-refractivity contribution in [3.8, 4) is 28.0 Å². The number of pyridine rings is 1. The molecule has 236 valence electrons. The molecule has 0 saturated carbocycles. The summed E-state index contributed by atoms with van der Waals surface area (Å²) in [5, 5.41) is 3.13. The number of aromatic nitrogens is 3. The van der Waals surface area contributed by atoms with Gasteiger partial charge in [0.1, 0.15) is 11.9 Å². The molecule has 2 aliphatic rings. The number of hydrogen-bond donors (Lipinski definition) is 0. The predicted octanol–water partition coefficient (Wildman–Crippen LogP) is 6.95. The van der Waals surface area contributed by atoms with Gasteiger partial charge in [-0.25, -0.2) is 9.97 Å². The zero-order valence-electron chi connectivity index (χ0n) is 27.6. The fourth-order valence-electron chi connectivity index (χ4n) is 6.81. The first-order valence-corrected chi connectivity index (χ1v) is 16.1. The van der Waals surface area contributed by atoms with E-state index in [0.29, 0.717) is 6.61 Å². The number of hydrogen-bond acceptors (Lipinski definition) is 8. The molecule has 0 spiro atoms. The number of carbonyl (C=O) groups excluding carboxylic acids is 1. The molecule has 3 aromatic carbocycles. The maximum atomic E-state index is 13.3. The summed E-state index contributed by atoms with van der Waals surface area (Å²) < 4.78 is 12.6. The van der Waals surface area contributed by atoms with Crippen molar-refractivity contribution >= 4 is 33.4 Å². The van der Waals surface area contributed by atoms with Gasteiger partial charge in [0.15, 0.2) is 5.78 Å². The third kappa shape index (κ3) is 5.60. The van der Waals surface area contributed by atoms with Crippen LogP contribution in [0.1, 0.15) is 50.5 Å². The van der Waals surface area contributed by atoms with Gasteiger partial charge < -0.3 is 19.3 Å². The van der Waals surface area contributed by atoms with Crippen LogP contribution in [0.15, 0.2) is 61.1 Å². The summed E-state index contributed by atoms with van der Waals surface area (Å²) in [5.41, 5.74) is 7.36. The first kappa shape index (κ1) is 30.3. The largest absolute Gasteiger partial charge is 0.493 e. The van der Waals surface area contributed by atoms with Crippen LogP contribution in [-0.2, 0) is 16.0 Å². The van der Waals surface area contributed by atoms with Crippen molar-refractivity contribution in [3.63, 3.8) is 0 Å². The van der Waals surface area contributed by atoms with Gasteiger partial charge in [0, 0.05) is 67.7 Å². The van der Waals surface area contributed by atoms with Crippen LogP contribution in [0, 0.1) is 6.92 Å². The fraction of sp³-hybridized carbons (Fsp3) is 0.368. The van der Waals surface area contributed by atoms with Gasteiger partial charge in [-0.1, -0.05) is 18.2 Å². The molecule has 8 heteroatoms. The highest BCUT2D eigenvalue weighted by Crippen LogP contribution is 2.45. The zero-order valence-corrected chi connectivity index (χ0v) is 27.6. The van der Waals surface area contributed by atoms with Crippen LogP contribution >= 0.6 is 0 Å². The third-order valence-corrected chi connectivity index (χ3v) is 9.09. The normalized spacial score (nSPS) is 16.1. The van der Waals surface area contributed by atoms with E-state index in [1.807, 2.05) is 45.4 Å². The predicted molar refractivity (Wildman–Crippen MR) is 184 cm³/mol. The first-order valence-electron chi connectivity index (χ1n) is 16.1. The monoisotopic (exact) mass is 615 g/mol. The minimum absolute atomic E-state index is 0.0353. The number of aryl methyl sites for hydroxylation is 1. The SMILES string of the molecule is CC(=O)C(OC(C)(C)C)c1c(C)cc2cc(-c3cnc(N4CCN(C)CC4)nc3)ccc2c1-c1ccc2c3c(ccnc13)CCO2. The van der Waals surface area contributed by atoms with Crippen LogP contribution in [0.3, 0.4) is 0 Å². The Balaban J connectivity index is 1.41. The lowest BCUT2D eigenvalue weighted by molar-refractivity contribution is -0.138. The summed E-state index contributed by atoms with van der Waals surface area (Å²) in [7, 11) is 2.15. The lowest BCUT2D eigenvalue weighted by atomic mass is 9.84. The fourth-order valence-corrected chi connectivity index (χ4v) is 6.81. The quantitative estimate of drug-likeness (QED) is 0.203. The summed E-state index contributed by atoms with van der Waals surface area (Å²) in [6.45, 7) is 14.2. The molecule has 4 heterocycles. The van der Waals surface area contributed by atoms with Gasteiger partial charge in [-0.3, -0.25) is 9.78 Å². The van der Waals surface area contributed by atoms with E-state index in [1.54, 1.807) is 6.92 Å². The van der Waals surface area contributed by atoms with E-state index in [4.69, 9.17) is 24.4 Å². The molecule has 46 heavy (non-hydrogen) atoms. The highest BCUT2D eigenvalue weighted by Gasteiger charge is 2.31. The zero-order chi connectivity index (χ0) is 32.2. The van der Waals surface area contributed by atoms with Gasteiger partial charge in [0.25, 0.3) is 0 Å². The molecule has 1 fully saturated rings. The Morgan fingerprint density at radius 2 is 1.72 bits per heavy atom. The van der Waals surface area contributed by atoms with E-state index >= 15 is 0 Å². The highest BCUT2D eigenvalue weighted by molar-refractivity contribution is 6.09. The second-order valence-electron chi connectivity index (χ2n) is 13.6. The van der Waals surface area contributed by atoms with Crippen molar-refractivity contribution in [1.82, 2.24) is 19.9 Å². The van der Waals surface area contributed by atoms with Gasteiger partial charge in [0.2, 0.25) is 5.95 Å². The van der Waals surface area contributed by atoms with Crippen LogP contribution in [0.2, 0.25) is 0 Å². The second kappa shape index (κ2) is 11.8. The van der Waals surface area contributed by atoms with Gasteiger partial charge in [-0.2, -0.15) is 0 Å². The van der Waals surface area contributed by atoms with Crippen molar-refractivity contribution in [3.05, 3.63) is 77.7 Å². The van der Waals surface area contributed by atoms with Crippen molar-refractivity contribution in [2.45, 2.75) is 52.7 Å². The lowest BCUT2D eigenvalue weighted by Crippen LogP contribution is -2.45. The second-order valence-corrected chi connectivity index (χ2v) is 13.6. The maximum absolute atomic E-state index is 13.3. The molecule has 1 unspecified atom stereocenters. The Morgan fingerprint density at radius 1 is 0.957 bits per heavy atom. The Hall–Kier alpha value is -4.40. The van der Waals surface area contributed by atoms with Crippen molar-refractivity contribution in [2.75, 3.05) is 44.7 Å². The number of benzene rings is 3. The molecule has 2 aromatic heterocycles. The Morgan fingerprint density at radius 3 is 2.43 bits per heavy atom. The van der Waals surface area contributed by atoms with Crippen molar-refractivity contribution in [1.29, 1.82) is 0 Å². The van der Waals surface area contributed by atoms with Gasteiger partial charge in [-0.05, 0) is 105 Å². The molecule has 0 amide bonds. The molecule has 0 bridgehead atoms. The average Bonchev–Trinajstić information content (AvgIpc) is 3.03. The van der Waals surface area contributed by atoms with Crippen LogP contribution in [0.5, 0.6) is 5.75 Å². The molecule has 2 aliphatic heterocycles. The number of piperazine rings is 1. The number of ketones is 1. The molecule has 8 nitrogen and oxygen atoms in total. The standard InChI is InChI=1S/C38H41N5O3/c1-23-19-27-20-26(28-21-40-37(41-22-28)43-16-14-42(6)15-17-43)7-8-29(27)34(32(23)36(24(2)44)46-38(3,4)5)30-9-10-31-33-25(12-18-45-31)11-13-39-35(30)33/h7-11,13,19-22,36H,12,14-18H2,1-6H3. The van der Waals surface area contributed by atoms with Crippen LogP contribution < -0.4 is 9.64 Å². The van der Waals surface area contributed by atoms with Crippen molar-refractivity contribution < 1.29 is 14.3 Å². The summed E-state index contributed by atoms with van der Waals surface area (Å²) in [5.74, 6) is 1.59. The molecule has 0 radical (unpaired) electrons. The van der Waals surface area contributed by atoms with Gasteiger partial charge >= 0.3 is 0 Å². The molecule has 5 aromatic rings. The summed E-state index contributed by atoms with van der Waals surface area (Å²) in [6, 6.07) is 14.8. The molecular weight excluding hydrogens is 574 g/mol. The molecule has 1 saturated heterocycles. The maximum Gasteiger partial charge on any atom is 0.225 e. The third-order valence-electron chi connectivity index (χ3n) is 9.09. The minimum atomic E-state index is -0.739. The number of nitrogens with zero attached hydrogens (tertiary/aromatic N) is 5. The number of fused-ring (bicyclic) bond motifs is 1. The average molecular weight is 616 g/mol. The summed E-state index contributed by atoms with van der Waals surface area (Å²) >= 11 is 0. The Labute approximate surface area is 270 Å². The van der Waals surface area contributed by atoms with Crippen LogP contribution in [0.4, 0.5) is 5.95 Å². The number of ether oxygens (including phenoxy) is 2. The van der Waals surface area contributed by atoms with E-state index in [2.05, 4.69) is 60.2 Å². The number of Topliss-reactive ketones (excluding diaryl/α,β-unsaturated/α-hetero) is 1. The first-order chi connectivity index (χ1) is 22.1. The highest BCUT2D eigenvalue weighted by atomic mass is 16.5. The van der Waals surface area contributed by atoms with E-state index in [9.17, 15) is 4.79 Å². The van der Waals surface area contributed by atoms with Crippen molar-refractivity contribution in [2.24, 2.45) is 0 Å². The van der Waals surface area contributed by atoms with Gasteiger partial charge in [0.05, 0.1) is 17.7 Å². The number of anilines is 1. The van der Waals surface area contributed by atoms with Crippen LogP contribution in [-0.4, -0.2) is 71.1 Å². The van der Waals surface area contributed by atoms with Gasteiger partial charge in [-0.15, -0.1) is 0 Å². The Bertz CT molecular complexity index is 1950. The van der Waals surface area contributed by atoms with E-state index < -0.39 is 11.7 Å². The smallest absolute Gasteiger partial charge is 0.225 e. The number of rotatable bonds is 6. The lowest BCUT2D eigenvalue weighted by Gasteiger charge is -2.32. The molecule has 0 aliphatic carbocycles. The summed E-state index contributed by atoms with van der Waals surface area (Å²) in [4.78, 5) is 32.3. The Kier molecular flexibility index (Phi) is 7.73. The van der Waals surface area contributed by atoms with E-state index in [1.165, 1.54) is 5.56 Å².